The first-order valence-corrected chi connectivity index (χ1v) is 5.36. The fourth-order valence-electron chi connectivity index (χ4n) is 1.43. The summed E-state index contributed by atoms with van der Waals surface area (Å²) in [6, 6.07) is 2.21. The van der Waals surface area contributed by atoms with Crippen LogP contribution < -0.4 is 5.32 Å². The molecule has 1 N–H and O–H groups in total. The molecule has 1 aromatic carbocycles. The third-order valence-electron chi connectivity index (χ3n) is 2.30. The number of carbonyl (C=O) groups excluding carboxylic acids is 1. The SMILES string of the molecule is COCCNCc1cc(F)c(C(=O)OC)c(F)c1. The molecule has 0 saturated heterocycles. The lowest BCUT2D eigenvalue weighted by Crippen LogP contribution is -2.19. The van der Waals surface area contributed by atoms with E-state index in [1.807, 2.05) is 0 Å². The van der Waals surface area contributed by atoms with Crippen LogP contribution in [0.2, 0.25) is 0 Å². The van der Waals surface area contributed by atoms with Gasteiger partial charge in [-0.25, -0.2) is 13.6 Å². The van der Waals surface area contributed by atoms with E-state index < -0.39 is 23.2 Å². The average Bonchev–Trinajstić information content (AvgIpc) is 2.33. The van der Waals surface area contributed by atoms with E-state index in [0.29, 0.717) is 25.3 Å². The van der Waals surface area contributed by atoms with E-state index in [-0.39, 0.29) is 0 Å². The molecule has 6 heteroatoms. The van der Waals surface area contributed by atoms with Gasteiger partial charge in [-0.2, -0.15) is 0 Å². The topological polar surface area (TPSA) is 47.6 Å². The van der Waals surface area contributed by atoms with Gasteiger partial charge in [-0.15, -0.1) is 0 Å². The molecule has 0 fully saturated rings. The molecule has 0 aromatic heterocycles. The number of hydrogen-bond donors (Lipinski definition) is 1. The summed E-state index contributed by atoms with van der Waals surface area (Å²) in [5, 5.41) is 2.95. The van der Waals surface area contributed by atoms with Crippen molar-refractivity contribution < 1.29 is 23.0 Å². The van der Waals surface area contributed by atoms with Gasteiger partial charge in [0, 0.05) is 20.2 Å². The van der Waals surface area contributed by atoms with E-state index in [9.17, 15) is 13.6 Å². The molecular formula is C12H15F2NO3. The molecule has 1 aromatic rings. The Morgan fingerprint density at radius 3 is 2.39 bits per heavy atom. The standard InChI is InChI=1S/C12H15F2NO3/c1-17-4-3-15-7-8-5-9(13)11(10(14)6-8)12(16)18-2/h5-6,15H,3-4,7H2,1-2H3. The molecule has 0 aliphatic carbocycles. The highest BCUT2D eigenvalue weighted by atomic mass is 19.1. The van der Waals surface area contributed by atoms with Crippen molar-refractivity contribution >= 4 is 5.97 Å². The molecule has 100 valence electrons. The van der Waals surface area contributed by atoms with Crippen molar-refractivity contribution in [1.82, 2.24) is 5.32 Å². The van der Waals surface area contributed by atoms with Crippen molar-refractivity contribution in [1.29, 1.82) is 0 Å². The maximum absolute atomic E-state index is 13.5. The Kier molecular flexibility index (Phi) is 5.67. The number of methoxy groups -OCH3 is 2. The predicted octanol–water partition coefficient (Wildman–Crippen LogP) is 1.49. The van der Waals surface area contributed by atoms with Crippen LogP contribution in [0.25, 0.3) is 0 Å². The zero-order chi connectivity index (χ0) is 13.5. The molecule has 0 spiro atoms. The van der Waals surface area contributed by atoms with Gasteiger partial charge in [0.2, 0.25) is 0 Å². The van der Waals surface area contributed by atoms with Crippen LogP contribution in [-0.2, 0) is 16.0 Å². The van der Waals surface area contributed by atoms with Crippen molar-refractivity contribution in [3.05, 3.63) is 34.9 Å². The number of halogens is 2. The minimum atomic E-state index is -1.02. The summed E-state index contributed by atoms with van der Waals surface area (Å²) in [6.45, 7) is 1.36. The highest BCUT2D eigenvalue weighted by Crippen LogP contribution is 2.16. The molecule has 4 nitrogen and oxygen atoms in total. The van der Waals surface area contributed by atoms with Gasteiger partial charge >= 0.3 is 5.97 Å². The Morgan fingerprint density at radius 1 is 1.28 bits per heavy atom. The number of nitrogens with one attached hydrogen (secondary N) is 1. The normalized spacial score (nSPS) is 10.4. The van der Waals surface area contributed by atoms with Crippen LogP contribution in [0.4, 0.5) is 8.78 Å². The first-order valence-electron chi connectivity index (χ1n) is 5.36. The molecule has 0 unspecified atom stereocenters. The van der Waals surface area contributed by atoms with Crippen molar-refractivity contribution in [2.24, 2.45) is 0 Å². The summed E-state index contributed by atoms with van der Waals surface area (Å²) < 4.78 is 36.2. The monoisotopic (exact) mass is 259 g/mol. The first-order chi connectivity index (χ1) is 8.60. The Morgan fingerprint density at radius 2 is 1.89 bits per heavy atom. The van der Waals surface area contributed by atoms with E-state index in [1.54, 1.807) is 7.11 Å². The Bertz CT molecular complexity index is 401. The van der Waals surface area contributed by atoms with E-state index in [2.05, 4.69) is 10.1 Å². The number of hydrogen-bond acceptors (Lipinski definition) is 4. The van der Waals surface area contributed by atoms with Crippen LogP contribution in [0.1, 0.15) is 15.9 Å². The van der Waals surface area contributed by atoms with Crippen LogP contribution in [0.15, 0.2) is 12.1 Å². The first kappa shape index (κ1) is 14.5. The number of benzene rings is 1. The maximum Gasteiger partial charge on any atom is 0.343 e. The zero-order valence-corrected chi connectivity index (χ0v) is 10.3. The fourth-order valence-corrected chi connectivity index (χ4v) is 1.43. The highest BCUT2D eigenvalue weighted by Gasteiger charge is 2.18. The van der Waals surface area contributed by atoms with Crippen molar-refractivity contribution in [3.8, 4) is 0 Å². The van der Waals surface area contributed by atoms with Gasteiger partial charge in [-0.05, 0) is 17.7 Å². The number of esters is 1. The molecular weight excluding hydrogens is 244 g/mol. The lowest BCUT2D eigenvalue weighted by Gasteiger charge is -2.07. The van der Waals surface area contributed by atoms with Gasteiger partial charge in [-0.3, -0.25) is 0 Å². The van der Waals surface area contributed by atoms with E-state index in [4.69, 9.17) is 4.74 Å². The zero-order valence-electron chi connectivity index (χ0n) is 10.3. The van der Waals surface area contributed by atoms with E-state index in [1.165, 1.54) is 0 Å². The van der Waals surface area contributed by atoms with Gasteiger partial charge in [0.05, 0.1) is 13.7 Å². The minimum absolute atomic E-state index is 0.290. The Labute approximate surface area is 104 Å². The molecule has 0 aliphatic heterocycles. The molecule has 0 amide bonds. The third kappa shape index (κ3) is 3.75. The Balaban J connectivity index is 2.76. The molecule has 1 rings (SSSR count). The van der Waals surface area contributed by atoms with Gasteiger partial charge in [-0.1, -0.05) is 0 Å². The largest absolute Gasteiger partial charge is 0.465 e. The van der Waals surface area contributed by atoms with Gasteiger partial charge in [0.1, 0.15) is 17.2 Å². The third-order valence-corrected chi connectivity index (χ3v) is 2.30. The van der Waals surface area contributed by atoms with Crippen LogP contribution in [0.5, 0.6) is 0 Å². The summed E-state index contributed by atoms with van der Waals surface area (Å²) in [6.07, 6.45) is 0. The number of ether oxygens (including phenoxy) is 2. The average molecular weight is 259 g/mol. The molecule has 0 heterocycles. The molecule has 0 bridgehead atoms. The second-order valence-electron chi connectivity index (χ2n) is 3.60. The quantitative estimate of drug-likeness (QED) is 0.621. The van der Waals surface area contributed by atoms with E-state index in [0.717, 1.165) is 19.2 Å². The number of carbonyl (C=O) groups is 1. The maximum atomic E-state index is 13.5. The summed E-state index contributed by atoms with van der Waals surface area (Å²) in [5.74, 6) is -2.88. The molecule has 18 heavy (non-hydrogen) atoms. The lowest BCUT2D eigenvalue weighted by atomic mass is 10.1. The molecule has 0 atom stereocenters. The fraction of sp³-hybridized carbons (Fsp3) is 0.417. The molecule has 0 aliphatic rings. The number of rotatable bonds is 6. The molecule has 0 saturated carbocycles. The summed E-state index contributed by atoms with van der Waals surface area (Å²) in [7, 11) is 2.63. The van der Waals surface area contributed by atoms with Crippen LogP contribution >= 0.6 is 0 Å². The second-order valence-corrected chi connectivity index (χ2v) is 3.60. The van der Waals surface area contributed by atoms with Crippen molar-refractivity contribution in [3.63, 3.8) is 0 Å². The van der Waals surface area contributed by atoms with Crippen LogP contribution in [0.3, 0.4) is 0 Å². The van der Waals surface area contributed by atoms with Crippen molar-refractivity contribution in [2.75, 3.05) is 27.4 Å². The lowest BCUT2D eigenvalue weighted by molar-refractivity contribution is 0.0590. The summed E-state index contributed by atoms with van der Waals surface area (Å²) in [5.41, 5.74) is -0.258. The van der Waals surface area contributed by atoms with Crippen LogP contribution in [0, 0.1) is 11.6 Å². The molecule has 0 radical (unpaired) electrons. The van der Waals surface area contributed by atoms with Gasteiger partial charge < -0.3 is 14.8 Å². The summed E-state index contributed by atoms with van der Waals surface area (Å²) >= 11 is 0. The smallest absolute Gasteiger partial charge is 0.343 e. The van der Waals surface area contributed by atoms with E-state index >= 15 is 0 Å². The van der Waals surface area contributed by atoms with Gasteiger partial charge in [0.25, 0.3) is 0 Å². The Hall–Kier alpha value is -1.53. The predicted molar refractivity (Wildman–Crippen MR) is 61.3 cm³/mol. The van der Waals surface area contributed by atoms with Gasteiger partial charge in [0.15, 0.2) is 0 Å². The second kappa shape index (κ2) is 7.03. The highest BCUT2D eigenvalue weighted by molar-refractivity contribution is 5.90. The minimum Gasteiger partial charge on any atom is -0.465 e. The van der Waals surface area contributed by atoms with Crippen molar-refractivity contribution in [2.45, 2.75) is 6.54 Å². The van der Waals surface area contributed by atoms with Crippen LogP contribution in [-0.4, -0.2) is 33.3 Å². The summed E-state index contributed by atoms with van der Waals surface area (Å²) in [4.78, 5) is 11.1.